The Balaban J connectivity index is 1.56. The Labute approximate surface area is 196 Å². The lowest BCUT2D eigenvalue weighted by molar-refractivity contribution is -0.180. The average molecular weight is 451 g/mol. The first kappa shape index (κ1) is 24.9. The summed E-state index contributed by atoms with van der Waals surface area (Å²) in [6.07, 6.45) is 8.08. The van der Waals surface area contributed by atoms with Crippen molar-refractivity contribution in [3.8, 4) is 0 Å². The highest BCUT2D eigenvalue weighted by molar-refractivity contribution is 5.09. The van der Waals surface area contributed by atoms with Crippen LogP contribution < -0.4 is 0 Å². The molecular formula is C28H50O4. The first-order valence-corrected chi connectivity index (χ1v) is 13.5. The molecule has 0 radical (unpaired) electrons. The quantitative estimate of drug-likeness (QED) is 0.492. The Hall–Kier alpha value is -0.160. The van der Waals surface area contributed by atoms with Crippen LogP contribution in [0, 0.1) is 45.3 Å². The standard InChI is InChI=1S/C28H50O4/c1-25(2)21-11-9-19(29)17(27(21,5)15-13-23(25)31)7-8-18-20(30)10-12-22-26(3,4)24(32)14-16-28(18,22)6/h17-24,29-32H,7-16H2,1-6H3. The molecule has 0 aliphatic heterocycles. The van der Waals surface area contributed by atoms with Crippen molar-refractivity contribution in [2.75, 3.05) is 0 Å². The normalized spacial score (nSPS) is 52.7. The van der Waals surface area contributed by atoms with Gasteiger partial charge in [-0.25, -0.2) is 0 Å². The van der Waals surface area contributed by atoms with Crippen LogP contribution in [-0.4, -0.2) is 44.8 Å². The molecule has 4 aliphatic carbocycles. The summed E-state index contributed by atoms with van der Waals surface area (Å²) in [5, 5.41) is 43.8. The highest BCUT2D eigenvalue weighted by Crippen LogP contribution is 2.63. The summed E-state index contributed by atoms with van der Waals surface area (Å²) >= 11 is 0. The second-order valence-corrected chi connectivity index (χ2v) is 13.9. The van der Waals surface area contributed by atoms with Gasteiger partial charge in [-0.15, -0.1) is 0 Å². The zero-order valence-electron chi connectivity index (χ0n) is 21.5. The van der Waals surface area contributed by atoms with E-state index in [9.17, 15) is 20.4 Å². The lowest BCUT2D eigenvalue weighted by Gasteiger charge is -2.61. The van der Waals surface area contributed by atoms with Gasteiger partial charge in [-0.1, -0.05) is 41.5 Å². The maximum absolute atomic E-state index is 11.2. The van der Waals surface area contributed by atoms with Crippen molar-refractivity contribution in [1.82, 2.24) is 0 Å². The van der Waals surface area contributed by atoms with E-state index in [1.807, 2.05) is 0 Å². The van der Waals surface area contributed by atoms with Crippen molar-refractivity contribution >= 4 is 0 Å². The molecule has 32 heavy (non-hydrogen) atoms. The zero-order chi connectivity index (χ0) is 23.7. The number of hydrogen-bond acceptors (Lipinski definition) is 4. The number of fused-ring (bicyclic) bond motifs is 2. The Morgan fingerprint density at radius 3 is 1.22 bits per heavy atom. The summed E-state index contributed by atoms with van der Waals surface area (Å²) in [6, 6.07) is 0. The van der Waals surface area contributed by atoms with E-state index >= 15 is 0 Å². The molecule has 4 nitrogen and oxygen atoms in total. The van der Waals surface area contributed by atoms with Gasteiger partial charge in [0.05, 0.1) is 24.4 Å². The summed E-state index contributed by atoms with van der Waals surface area (Å²) in [7, 11) is 0. The maximum atomic E-state index is 11.2. The fraction of sp³-hybridized carbons (Fsp3) is 1.00. The van der Waals surface area contributed by atoms with Crippen LogP contribution in [0.15, 0.2) is 0 Å². The number of rotatable bonds is 3. The third-order valence-electron chi connectivity index (χ3n) is 11.9. The smallest absolute Gasteiger partial charge is 0.0594 e. The van der Waals surface area contributed by atoms with Crippen molar-refractivity contribution < 1.29 is 20.4 Å². The fourth-order valence-electron chi connectivity index (χ4n) is 9.80. The van der Waals surface area contributed by atoms with E-state index in [1.165, 1.54) is 0 Å². The van der Waals surface area contributed by atoms with Crippen molar-refractivity contribution in [3.05, 3.63) is 0 Å². The van der Waals surface area contributed by atoms with Gasteiger partial charge < -0.3 is 20.4 Å². The summed E-state index contributed by atoms with van der Waals surface area (Å²) in [6.45, 7) is 13.6. The van der Waals surface area contributed by atoms with E-state index < -0.39 is 0 Å². The molecule has 0 bridgehead atoms. The van der Waals surface area contributed by atoms with Crippen LogP contribution in [-0.2, 0) is 0 Å². The second kappa shape index (κ2) is 8.21. The summed E-state index contributed by atoms with van der Waals surface area (Å²) < 4.78 is 0. The number of aliphatic hydroxyl groups excluding tert-OH is 4. The minimum absolute atomic E-state index is 0.0440. The van der Waals surface area contributed by atoms with Crippen molar-refractivity contribution in [2.24, 2.45) is 45.3 Å². The Morgan fingerprint density at radius 1 is 0.531 bits per heavy atom. The molecule has 0 heterocycles. The van der Waals surface area contributed by atoms with Crippen LogP contribution in [0.4, 0.5) is 0 Å². The molecule has 186 valence electrons. The summed E-state index contributed by atoms with van der Waals surface area (Å²) in [5.74, 6) is 1.31. The van der Waals surface area contributed by atoms with Gasteiger partial charge in [0.15, 0.2) is 0 Å². The first-order valence-electron chi connectivity index (χ1n) is 13.5. The predicted octanol–water partition coefficient (Wildman–Crippen LogP) is 4.92. The van der Waals surface area contributed by atoms with Gasteiger partial charge >= 0.3 is 0 Å². The van der Waals surface area contributed by atoms with E-state index in [0.29, 0.717) is 11.8 Å². The first-order chi connectivity index (χ1) is 14.8. The van der Waals surface area contributed by atoms with Gasteiger partial charge in [-0.2, -0.15) is 0 Å². The Bertz CT molecular complexity index is 631. The molecule has 10 atom stereocenters. The van der Waals surface area contributed by atoms with Gasteiger partial charge in [0.2, 0.25) is 0 Å². The van der Waals surface area contributed by atoms with E-state index in [-0.39, 0.29) is 57.9 Å². The Kier molecular flexibility index (Phi) is 6.40. The van der Waals surface area contributed by atoms with Crippen LogP contribution >= 0.6 is 0 Å². The number of aliphatic hydroxyl groups is 4. The summed E-state index contributed by atoms with van der Waals surface area (Å²) in [5.41, 5.74) is -0.141. The highest BCUT2D eigenvalue weighted by Gasteiger charge is 2.59. The van der Waals surface area contributed by atoms with Gasteiger partial charge in [-0.05, 0) is 110 Å². The molecule has 4 N–H and O–H groups in total. The van der Waals surface area contributed by atoms with E-state index in [4.69, 9.17) is 0 Å². The van der Waals surface area contributed by atoms with E-state index in [0.717, 1.165) is 64.2 Å². The minimum atomic E-state index is -0.281. The molecule has 4 fully saturated rings. The fourth-order valence-corrected chi connectivity index (χ4v) is 9.80. The van der Waals surface area contributed by atoms with Crippen LogP contribution in [0.1, 0.15) is 106 Å². The molecule has 0 aromatic rings. The molecule has 4 aliphatic rings. The topological polar surface area (TPSA) is 80.9 Å². The third-order valence-corrected chi connectivity index (χ3v) is 11.9. The molecule has 4 rings (SSSR count). The lowest BCUT2D eigenvalue weighted by atomic mass is 9.45. The van der Waals surface area contributed by atoms with Crippen LogP contribution in [0.5, 0.6) is 0 Å². The summed E-state index contributed by atoms with van der Waals surface area (Å²) in [4.78, 5) is 0. The lowest BCUT2D eigenvalue weighted by Crippen LogP contribution is -2.58. The van der Waals surface area contributed by atoms with E-state index in [2.05, 4.69) is 41.5 Å². The molecule has 0 saturated heterocycles. The molecule has 0 spiro atoms. The minimum Gasteiger partial charge on any atom is -0.393 e. The number of hydrogen-bond donors (Lipinski definition) is 4. The molecule has 0 amide bonds. The van der Waals surface area contributed by atoms with Crippen LogP contribution in [0.3, 0.4) is 0 Å². The van der Waals surface area contributed by atoms with Gasteiger partial charge in [0.1, 0.15) is 0 Å². The van der Waals surface area contributed by atoms with Crippen LogP contribution in [0.25, 0.3) is 0 Å². The average Bonchev–Trinajstić information content (AvgIpc) is 2.69. The van der Waals surface area contributed by atoms with Crippen LogP contribution in [0.2, 0.25) is 0 Å². The van der Waals surface area contributed by atoms with Crippen molar-refractivity contribution in [2.45, 2.75) is 130 Å². The molecule has 10 unspecified atom stereocenters. The highest BCUT2D eigenvalue weighted by atomic mass is 16.3. The van der Waals surface area contributed by atoms with Crippen molar-refractivity contribution in [1.29, 1.82) is 0 Å². The third kappa shape index (κ3) is 3.62. The van der Waals surface area contributed by atoms with Gasteiger partial charge in [0, 0.05) is 0 Å². The zero-order valence-corrected chi connectivity index (χ0v) is 21.5. The van der Waals surface area contributed by atoms with Crippen molar-refractivity contribution in [3.63, 3.8) is 0 Å². The monoisotopic (exact) mass is 450 g/mol. The second-order valence-electron chi connectivity index (χ2n) is 13.9. The predicted molar refractivity (Wildman–Crippen MR) is 128 cm³/mol. The Morgan fingerprint density at radius 2 is 0.875 bits per heavy atom. The van der Waals surface area contributed by atoms with Gasteiger partial charge in [-0.3, -0.25) is 0 Å². The maximum Gasteiger partial charge on any atom is 0.0594 e. The molecule has 4 heteroatoms. The molecule has 0 aromatic heterocycles. The van der Waals surface area contributed by atoms with Gasteiger partial charge in [0.25, 0.3) is 0 Å². The van der Waals surface area contributed by atoms with E-state index in [1.54, 1.807) is 0 Å². The molecule has 0 aromatic carbocycles. The SMILES string of the molecule is CC1(C)C(O)CCC2(C)C(CCC3C(O)CCC4C(C)(C)C(O)CCC34C)C(O)CCC12. The molecular weight excluding hydrogens is 400 g/mol. The largest absolute Gasteiger partial charge is 0.393 e. The molecule has 4 saturated carbocycles.